The zero-order chi connectivity index (χ0) is 15.5. The van der Waals surface area contributed by atoms with Crippen LogP contribution >= 0.6 is 11.3 Å². The lowest BCUT2D eigenvalue weighted by Gasteiger charge is -2.23. The smallest absolute Gasteiger partial charge is 0.223 e. The summed E-state index contributed by atoms with van der Waals surface area (Å²) in [5.74, 6) is -1.14. The van der Waals surface area contributed by atoms with Crippen LogP contribution in [0.1, 0.15) is 29.7 Å². The summed E-state index contributed by atoms with van der Waals surface area (Å²) in [5, 5.41) is 1.99. The number of hydrogen-bond donors (Lipinski definition) is 0. The molecule has 116 valence electrons. The molecular weight excluding hydrogens is 304 g/mol. The van der Waals surface area contributed by atoms with Gasteiger partial charge in [-0.3, -0.25) is 4.79 Å². The van der Waals surface area contributed by atoms with Gasteiger partial charge in [0.15, 0.2) is 0 Å². The fourth-order valence-electron chi connectivity index (χ4n) is 2.47. The average molecular weight is 321 g/mol. The highest BCUT2D eigenvalue weighted by Gasteiger charge is 2.32. The summed E-state index contributed by atoms with van der Waals surface area (Å²) in [6, 6.07) is 7.72. The van der Waals surface area contributed by atoms with Gasteiger partial charge in [-0.15, -0.1) is 11.3 Å². The Morgan fingerprint density at radius 3 is 2.73 bits per heavy atom. The van der Waals surface area contributed by atoms with E-state index in [1.165, 1.54) is 17.0 Å². The Morgan fingerprint density at radius 2 is 2.09 bits per heavy atom. The van der Waals surface area contributed by atoms with Crippen LogP contribution in [-0.2, 0) is 17.8 Å². The second kappa shape index (κ2) is 6.57. The predicted molar refractivity (Wildman–Crippen MR) is 82.6 cm³/mol. The summed E-state index contributed by atoms with van der Waals surface area (Å²) in [4.78, 5) is 15.4. The third kappa shape index (κ3) is 3.71. The molecule has 1 heterocycles. The van der Waals surface area contributed by atoms with E-state index in [0.29, 0.717) is 18.4 Å². The Morgan fingerprint density at radius 1 is 1.27 bits per heavy atom. The van der Waals surface area contributed by atoms with E-state index in [2.05, 4.69) is 0 Å². The van der Waals surface area contributed by atoms with Crippen LogP contribution < -0.4 is 0 Å². The standard InChI is InChI=1S/C17H17F2NOS/c18-13-4-3-12(16(19)10-13)11-20(14-5-6-14)17(21)8-7-15-2-1-9-22-15/h1-4,9-10,14H,5-8,11H2. The van der Waals surface area contributed by atoms with Crippen LogP contribution in [0, 0.1) is 11.6 Å². The molecule has 1 aromatic carbocycles. The van der Waals surface area contributed by atoms with Gasteiger partial charge in [0.1, 0.15) is 11.6 Å². The highest BCUT2D eigenvalue weighted by molar-refractivity contribution is 7.09. The number of halogens is 2. The van der Waals surface area contributed by atoms with Crippen LogP contribution in [0.3, 0.4) is 0 Å². The molecule has 0 bridgehead atoms. The van der Waals surface area contributed by atoms with E-state index in [1.807, 2.05) is 17.5 Å². The molecule has 0 unspecified atom stereocenters. The number of amides is 1. The van der Waals surface area contributed by atoms with Crippen molar-refractivity contribution in [3.05, 3.63) is 57.8 Å². The number of carbonyl (C=O) groups is 1. The molecule has 0 aliphatic heterocycles. The summed E-state index contributed by atoms with van der Waals surface area (Å²) in [7, 11) is 0. The SMILES string of the molecule is O=C(CCc1cccs1)N(Cc1ccc(F)cc1F)C1CC1. The van der Waals surface area contributed by atoms with Gasteiger partial charge in [0, 0.05) is 35.5 Å². The van der Waals surface area contributed by atoms with E-state index in [4.69, 9.17) is 0 Å². The van der Waals surface area contributed by atoms with Gasteiger partial charge >= 0.3 is 0 Å². The first-order valence-corrected chi connectivity index (χ1v) is 8.27. The van der Waals surface area contributed by atoms with Crippen LogP contribution in [0.15, 0.2) is 35.7 Å². The monoisotopic (exact) mass is 321 g/mol. The number of benzene rings is 1. The van der Waals surface area contributed by atoms with Crippen molar-refractivity contribution in [2.24, 2.45) is 0 Å². The molecule has 0 atom stereocenters. The van der Waals surface area contributed by atoms with Crippen molar-refractivity contribution in [2.75, 3.05) is 0 Å². The number of nitrogens with zero attached hydrogens (tertiary/aromatic N) is 1. The van der Waals surface area contributed by atoms with Gasteiger partial charge in [0.2, 0.25) is 5.91 Å². The zero-order valence-electron chi connectivity index (χ0n) is 12.1. The van der Waals surface area contributed by atoms with Crippen molar-refractivity contribution in [3.63, 3.8) is 0 Å². The van der Waals surface area contributed by atoms with Crippen LogP contribution in [0.5, 0.6) is 0 Å². The lowest BCUT2D eigenvalue weighted by atomic mass is 10.1. The first kappa shape index (κ1) is 15.2. The second-order valence-corrected chi connectivity index (χ2v) is 6.60. The van der Waals surface area contributed by atoms with Crippen LogP contribution in [0.25, 0.3) is 0 Å². The predicted octanol–water partition coefficient (Wildman–Crippen LogP) is 4.15. The van der Waals surface area contributed by atoms with Crippen LogP contribution in [0.2, 0.25) is 0 Å². The Labute approximate surface area is 132 Å². The lowest BCUT2D eigenvalue weighted by Crippen LogP contribution is -2.33. The molecule has 22 heavy (non-hydrogen) atoms. The zero-order valence-corrected chi connectivity index (χ0v) is 12.9. The van der Waals surface area contributed by atoms with E-state index in [9.17, 15) is 13.6 Å². The second-order valence-electron chi connectivity index (χ2n) is 5.57. The van der Waals surface area contributed by atoms with Gasteiger partial charge in [0.25, 0.3) is 0 Å². The van der Waals surface area contributed by atoms with Gasteiger partial charge in [-0.2, -0.15) is 0 Å². The normalized spacial score (nSPS) is 14.1. The maximum atomic E-state index is 13.8. The Hall–Kier alpha value is -1.75. The van der Waals surface area contributed by atoms with E-state index in [1.54, 1.807) is 16.2 Å². The van der Waals surface area contributed by atoms with Gasteiger partial charge in [0.05, 0.1) is 0 Å². The molecule has 2 aromatic rings. The third-order valence-corrected chi connectivity index (χ3v) is 4.77. The average Bonchev–Trinajstić information content (AvgIpc) is 3.19. The number of rotatable bonds is 6. The molecule has 0 N–H and O–H groups in total. The number of aryl methyl sites for hydroxylation is 1. The molecular formula is C17H17F2NOS. The topological polar surface area (TPSA) is 20.3 Å². The van der Waals surface area contributed by atoms with Crippen molar-refractivity contribution < 1.29 is 13.6 Å². The van der Waals surface area contributed by atoms with Gasteiger partial charge in [-0.05, 0) is 36.8 Å². The first-order chi connectivity index (χ1) is 10.6. The molecule has 0 spiro atoms. The number of carbonyl (C=O) groups excluding carboxylic acids is 1. The van der Waals surface area contributed by atoms with Crippen molar-refractivity contribution in [1.29, 1.82) is 0 Å². The first-order valence-electron chi connectivity index (χ1n) is 7.39. The fourth-order valence-corrected chi connectivity index (χ4v) is 3.18. The quantitative estimate of drug-likeness (QED) is 0.783. The van der Waals surface area contributed by atoms with Gasteiger partial charge in [-0.25, -0.2) is 8.78 Å². The maximum Gasteiger partial charge on any atom is 0.223 e. The van der Waals surface area contributed by atoms with E-state index < -0.39 is 11.6 Å². The minimum absolute atomic E-state index is 0.0413. The van der Waals surface area contributed by atoms with Gasteiger partial charge < -0.3 is 4.90 Å². The summed E-state index contributed by atoms with van der Waals surface area (Å²) in [6.07, 6.45) is 3.08. The highest BCUT2D eigenvalue weighted by atomic mass is 32.1. The molecule has 0 radical (unpaired) electrons. The summed E-state index contributed by atoms with van der Waals surface area (Å²) < 4.78 is 26.8. The molecule has 1 saturated carbocycles. The molecule has 1 aromatic heterocycles. The Kier molecular flexibility index (Phi) is 4.52. The van der Waals surface area contributed by atoms with E-state index in [0.717, 1.165) is 18.9 Å². The summed E-state index contributed by atoms with van der Waals surface area (Å²) in [5.41, 5.74) is 0.373. The lowest BCUT2D eigenvalue weighted by molar-refractivity contribution is -0.132. The fraction of sp³-hybridized carbons (Fsp3) is 0.353. The van der Waals surface area contributed by atoms with Crippen molar-refractivity contribution in [1.82, 2.24) is 4.90 Å². The molecule has 5 heteroatoms. The molecule has 2 nitrogen and oxygen atoms in total. The molecule has 1 amide bonds. The largest absolute Gasteiger partial charge is 0.335 e. The highest BCUT2D eigenvalue weighted by Crippen LogP contribution is 2.30. The summed E-state index contributed by atoms with van der Waals surface area (Å²) >= 11 is 1.64. The van der Waals surface area contributed by atoms with Crippen molar-refractivity contribution in [3.8, 4) is 0 Å². The molecule has 0 saturated heterocycles. The van der Waals surface area contributed by atoms with E-state index >= 15 is 0 Å². The van der Waals surface area contributed by atoms with Crippen LogP contribution in [0.4, 0.5) is 8.78 Å². The van der Waals surface area contributed by atoms with Crippen molar-refractivity contribution >= 4 is 17.2 Å². The van der Waals surface area contributed by atoms with E-state index in [-0.39, 0.29) is 18.5 Å². The Bertz CT molecular complexity index is 653. The molecule has 1 fully saturated rings. The molecule has 1 aliphatic carbocycles. The van der Waals surface area contributed by atoms with Crippen molar-refractivity contribution in [2.45, 2.75) is 38.3 Å². The number of thiophene rings is 1. The number of hydrogen-bond acceptors (Lipinski definition) is 2. The minimum atomic E-state index is -0.594. The minimum Gasteiger partial charge on any atom is -0.335 e. The van der Waals surface area contributed by atoms with Crippen LogP contribution in [-0.4, -0.2) is 16.8 Å². The third-order valence-electron chi connectivity index (χ3n) is 3.83. The van der Waals surface area contributed by atoms with Gasteiger partial charge in [-0.1, -0.05) is 12.1 Å². The summed E-state index contributed by atoms with van der Waals surface area (Å²) in [6.45, 7) is 0.222. The molecule has 1 aliphatic rings. The Balaban J connectivity index is 1.65. The molecule has 3 rings (SSSR count). The maximum absolute atomic E-state index is 13.8.